The molecule has 7 heteroatoms. The summed E-state index contributed by atoms with van der Waals surface area (Å²) in [5.41, 5.74) is 2.57. The van der Waals surface area contributed by atoms with Gasteiger partial charge in [0.05, 0.1) is 5.69 Å². The third kappa shape index (κ3) is 4.55. The van der Waals surface area contributed by atoms with Gasteiger partial charge in [-0.1, -0.05) is 0 Å². The van der Waals surface area contributed by atoms with E-state index in [-0.39, 0.29) is 18.3 Å². The van der Waals surface area contributed by atoms with Crippen LogP contribution in [-0.4, -0.2) is 40.3 Å². The molecule has 6 nitrogen and oxygen atoms in total. The summed E-state index contributed by atoms with van der Waals surface area (Å²) in [5.74, 6) is 0.677. The number of halogens is 1. The molecule has 24 heavy (non-hydrogen) atoms. The van der Waals surface area contributed by atoms with Crippen LogP contribution in [0.1, 0.15) is 35.2 Å². The van der Waals surface area contributed by atoms with Gasteiger partial charge in [0.25, 0.3) is 5.91 Å². The summed E-state index contributed by atoms with van der Waals surface area (Å²) in [7, 11) is 0. The van der Waals surface area contributed by atoms with Gasteiger partial charge in [-0.25, -0.2) is 9.67 Å². The molecule has 0 bridgehead atoms. The van der Waals surface area contributed by atoms with Gasteiger partial charge < -0.3 is 10.6 Å². The SMILES string of the molecule is Cc1cc(-n2cncn2)ccc1C(=O)NCCC1CCCNC1.Cl. The lowest BCUT2D eigenvalue weighted by atomic mass is 9.96. The Hall–Kier alpha value is -1.92. The number of benzene rings is 1. The lowest BCUT2D eigenvalue weighted by Gasteiger charge is -2.22. The van der Waals surface area contributed by atoms with E-state index >= 15 is 0 Å². The fourth-order valence-corrected chi connectivity index (χ4v) is 3.04. The van der Waals surface area contributed by atoms with Crippen molar-refractivity contribution in [1.29, 1.82) is 0 Å². The van der Waals surface area contributed by atoms with Crippen LogP contribution in [0.5, 0.6) is 0 Å². The molecule has 1 saturated heterocycles. The maximum atomic E-state index is 12.3. The van der Waals surface area contributed by atoms with Crippen molar-refractivity contribution >= 4 is 18.3 Å². The Balaban J connectivity index is 0.00000208. The standard InChI is InChI=1S/C17H23N5O.ClH/c1-13-9-15(22-12-19-11-21-22)4-5-16(13)17(23)20-8-6-14-3-2-7-18-10-14;/h4-5,9,11-12,14,18H,2-3,6-8,10H2,1H3,(H,20,23);1H. The second-order valence-corrected chi connectivity index (χ2v) is 6.10. The first-order valence-corrected chi connectivity index (χ1v) is 8.18. The van der Waals surface area contributed by atoms with E-state index in [4.69, 9.17) is 0 Å². The number of hydrogen-bond acceptors (Lipinski definition) is 4. The van der Waals surface area contributed by atoms with Crippen LogP contribution in [0, 0.1) is 12.8 Å². The van der Waals surface area contributed by atoms with Gasteiger partial charge in [-0.05, 0) is 69.0 Å². The second kappa shape index (κ2) is 8.80. The molecule has 1 aliphatic heterocycles. The van der Waals surface area contributed by atoms with Crippen molar-refractivity contribution in [3.63, 3.8) is 0 Å². The second-order valence-electron chi connectivity index (χ2n) is 6.10. The highest BCUT2D eigenvalue weighted by Gasteiger charge is 2.14. The van der Waals surface area contributed by atoms with E-state index in [1.165, 1.54) is 19.2 Å². The minimum atomic E-state index is -0.00333. The molecule has 1 aromatic heterocycles. The van der Waals surface area contributed by atoms with Crippen LogP contribution in [0.15, 0.2) is 30.9 Å². The van der Waals surface area contributed by atoms with Gasteiger partial charge >= 0.3 is 0 Å². The highest BCUT2D eigenvalue weighted by Crippen LogP contribution is 2.15. The fraction of sp³-hybridized carbons (Fsp3) is 0.471. The quantitative estimate of drug-likeness (QED) is 0.867. The number of aromatic nitrogens is 3. The van der Waals surface area contributed by atoms with Crippen LogP contribution in [0.3, 0.4) is 0 Å². The van der Waals surface area contributed by atoms with E-state index in [1.807, 2.05) is 25.1 Å². The van der Waals surface area contributed by atoms with Crippen molar-refractivity contribution in [3.05, 3.63) is 42.0 Å². The number of amides is 1. The Morgan fingerprint density at radius 3 is 3.00 bits per heavy atom. The summed E-state index contributed by atoms with van der Waals surface area (Å²) in [6.45, 7) is 4.87. The Bertz CT molecular complexity index is 653. The fourth-order valence-electron chi connectivity index (χ4n) is 3.04. The molecule has 0 spiro atoms. The summed E-state index contributed by atoms with van der Waals surface area (Å²) >= 11 is 0. The summed E-state index contributed by atoms with van der Waals surface area (Å²) < 4.78 is 1.69. The largest absolute Gasteiger partial charge is 0.352 e. The number of piperidine rings is 1. The molecule has 1 aliphatic rings. The van der Waals surface area contributed by atoms with Crippen molar-refractivity contribution in [1.82, 2.24) is 25.4 Å². The predicted octanol–water partition coefficient (Wildman–Crippen LogP) is 2.12. The third-order valence-electron chi connectivity index (χ3n) is 4.37. The summed E-state index contributed by atoms with van der Waals surface area (Å²) in [4.78, 5) is 16.3. The molecular formula is C17H24ClN5O. The molecule has 130 valence electrons. The molecule has 0 aliphatic carbocycles. The van der Waals surface area contributed by atoms with Crippen LogP contribution in [-0.2, 0) is 0 Å². The number of aryl methyl sites for hydroxylation is 1. The summed E-state index contributed by atoms with van der Waals surface area (Å²) in [5, 5.41) is 10.5. The molecule has 3 rings (SSSR count). The van der Waals surface area contributed by atoms with Crippen LogP contribution < -0.4 is 10.6 Å². The monoisotopic (exact) mass is 349 g/mol. The first-order chi connectivity index (χ1) is 11.2. The maximum Gasteiger partial charge on any atom is 0.251 e. The Morgan fingerprint density at radius 1 is 1.46 bits per heavy atom. The predicted molar refractivity (Wildman–Crippen MR) is 95.9 cm³/mol. The van der Waals surface area contributed by atoms with E-state index in [1.54, 1.807) is 11.0 Å². The molecule has 2 N–H and O–H groups in total. The first-order valence-electron chi connectivity index (χ1n) is 8.18. The molecule has 1 fully saturated rings. The number of nitrogens with one attached hydrogen (secondary N) is 2. The molecule has 1 unspecified atom stereocenters. The highest BCUT2D eigenvalue weighted by atomic mass is 35.5. The molecular weight excluding hydrogens is 326 g/mol. The number of hydrogen-bond donors (Lipinski definition) is 2. The Kier molecular flexibility index (Phi) is 6.75. The van der Waals surface area contributed by atoms with Crippen LogP contribution >= 0.6 is 12.4 Å². The average molecular weight is 350 g/mol. The number of rotatable bonds is 5. The zero-order valence-corrected chi connectivity index (χ0v) is 14.7. The molecule has 0 saturated carbocycles. The van der Waals surface area contributed by atoms with E-state index in [0.29, 0.717) is 5.92 Å². The van der Waals surface area contributed by atoms with Gasteiger partial charge in [-0.2, -0.15) is 5.10 Å². The van der Waals surface area contributed by atoms with Gasteiger partial charge in [0, 0.05) is 12.1 Å². The van der Waals surface area contributed by atoms with Crippen molar-refractivity contribution in [2.45, 2.75) is 26.2 Å². The molecule has 1 aromatic carbocycles. The topological polar surface area (TPSA) is 71.8 Å². The first kappa shape index (κ1) is 18.4. The highest BCUT2D eigenvalue weighted by molar-refractivity contribution is 5.95. The van der Waals surface area contributed by atoms with Crippen molar-refractivity contribution in [2.24, 2.45) is 5.92 Å². The van der Waals surface area contributed by atoms with Crippen molar-refractivity contribution in [2.75, 3.05) is 19.6 Å². The summed E-state index contributed by atoms with van der Waals surface area (Å²) in [6.07, 6.45) is 6.67. The zero-order valence-electron chi connectivity index (χ0n) is 13.9. The Labute approximate surface area is 148 Å². The number of carbonyl (C=O) groups excluding carboxylic acids is 1. The smallest absolute Gasteiger partial charge is 0.251 e. The molecule has 1 atom stereocenters. The van der Waals surface area contributed by atoms with E-state index in [2.05, 4.69) is 20.7 Å². The van der Waals surface area contributed by atoms with Crippen molar-refractivity contribution in [3.8, 4) is 5.69 Å². The van der Waals surface area contributed by atoms with Gasteiger partial charge in [-0.3, -0.25) is 4.79 Å². The van der Waals surface area contributed by atoms with Gasteiger partial charge in [0.1, 0.15) is 12.7 Å². The maximum absolute atomic E-state index is 12.3. The number of carbonyl (C=O) groups is 1. The van der Waals surface area contributed by atoms with Crippen LogP contribution in [0.25, 0.3) is 5.69 Å². The van der Waals surface area contributed by atoms with Gasteiger partial charge in [0.2, 0.25) is 0 Å². The minimum Gasteiger partial charge on any atom is -0.352 e. The minimum absolute atomic E-state index is 0. The lowest BCUT2D eigenvalue weighted by Crippen LogP contribution is -2.33. The molecule has 1 amide bonds. The van der Waals surface area contributed by atoms with Gasteiger partial charge in [0.15, 0.2) is 0 Å². The average Bonchev–Trinajstić information content (AvgIpc) is 3.10. The van der Waals surface area contributed by atoms with Gasteiger partial charge in [-0.15, -0.1) is 12.4 Å². The van der Waals surface area contributed by atoms with Crippen LogP contribution in [0.2, 0.25) is 0 Å². The van der Waals surface area contributed by atoms with Crippen LogP contribution in [0.4, 0.5) is 0 Å². The molecule has 0 radical (unpaired) electrons. The molecule has 2 heterocycles. The normalized spacial score (nSPS) is 17.1. The number of nitrogens with zero attached hydrogens (tertiary/aromatic N) is 3. The molecule has 2 aromatic rings. The van der Waals surface area contributed by atoms with E-state index in [9.17, 15) is 4.79 Å². The third-order valence-corrected chi connectivity index (χ3v) is 4.37. The summed E-state index contributed by atoms with van der Waals surface area (Å²) in [6, 6.07) is 5.69. The van der Waals surface area contributed by atoms with Crippen molar-refractivity contribution < 1.29 is 4.79 Å². The zero-order chi connectivity index (χ0) is 16.1. The van der Waals surface area contributed by atoms with E-state index in [0.717, 1.165) is 42.9 Å². The van der Waals surface area contributed by atoms with E-state index < -0.39 is 0 Å². The Morgan fingerprint density at radius 2 is 2.33 bits per heavy atom. The lowest BCUT2D eigenvalue weighted by molar-refractivity contribution is 0.0950.